The van der Waals surface area contributed by atoms with Gasteiger partial charge in [-0.3, -0.25) is 4.79 Å². The van der Waals surface area contributed by atoms with Gasteiger partial charge in [0.25, 0.3) is 0 Å². The van der Waals surface area contributed by atoms with Crippen LogP contribution in [-0.2, 0) is 9.53 Å². The number of hydrogen-bond acceptors (Lipinski definition) is 4. The number of likely N-dealkylation sites (N-methyl/N-ethyl adjacent to an activating group) is 1. The first-order chi connectivity index (χ1) is 6.75. The van der Waals surface area contributed by atoms with Crippen molar-refractivity contribution in [2.75, 3.05) is 26.7 Å². The van der Waals surface area contributed by atoms with E-state index in [0.29, 0.717) is 0 Å². The summed E-state index contributed by atoms with van der Waals surface area (Å²) in [7, 11) is 2.06. The van der Waals surface area contributed by atoms with Crippen LogP contribution in [0, 0.1) is 0 Å². The zero-order valence-corrected chi connectivity index (χ0v) is 8.66. The molecule has 2 aliphatic heterocycles. The summed E-state index contributed by atoms with van der Waals surface area (Å²) in [6.07, 6.45) is 3.12. The van der Waals surface area contributed by atoms with Crippen LogP contribution in [0.4, 0.5) is 0 Å². The summed E-state index contributed by atoms with van der Waals surface area (Å²) in [5.74, 6) is -0.0530. The van der Waals surface area contributed by atoms with Crippen LogP contribution in [-0.4, -0.2) is 49.7 Å². The first-order valence-corrected chi connectivity index (χ1v) is 5.38. The molecule has 2 saturated heterocycles. The van der Waals surface area contributed by atoms with Crippen molar-refractivity contribution in [2.45, 2.75) is 31.4 Å². The Morgan fingerprint density at radius 2 is 2.36 bits per heavy atom. The Morgan fingerprint density at radius 1 is 1.50 bits per heavy atom. The molecule has 2 aliphatic rings. The van der Waals surface area contributed by atoms with Gasteiger partial charge in [0.1, 0.15) is 12.1 Å². The Bertz CT molecular complexity index is 214. The molecule has 2 rings (SSSR count). The Balaban J connectivity index is 1.76. The number of carbonyl (C=O) groups excluding carboxylic acids is 1. The predicted octanol–water partition coefficient (Wildman–Crippen LogP) is -0.0143. The third kappa shape index (κ3) is 2.25. The fraction of sp³-hybridized carbons (Fsp3) is 0.900. The van der Waals surface area contributed by atoms with E-state index in [9.17, 15) is 4.79 Å². The monoisotopic (exact) mass is 198 g/mol. The Labute approximate surface area is 84.6 Å². The van der Waals surface area contributed by atoms with Crippen LogP contribution in [0.5, 0.6) is 0 Å². The van der Waals surface area contributed by atoms with Crippen LogP contribution >= 0.6 is 0 Å². The molecular formula is C10H18N2O2. The van der Waals surface area contributed by atoms with Crippen molar-refractivity contribution in [1.82, 2.24) is 10.2 Å². The number of hydrogen-bond donors (Lipinski definition) is 1. The highest BCUT2D eigenvalue weighted by Crippen LogP contribution is 2.13. The van der Waals surface area contributed by atoms with Crippen molar-refractivity contribution in [3.63, 3.8) is 0 Å². The maximum Gasteiger partial charge on any atom is 0.323 e. The van der Waals surface area contributed by atoms with Crippen molar-refractivity contribution in [2.24, 2.45) is 0 Å². The van der Waals surface area contributed by atoms with E-state index in [0.717, 1.165) is 38.9 Å². The molecule has 0 spiro atoms. The standard InChI is InChI=1S/C10H18N2O2/c1-12-6-4-8(7-12)14-10(13)9-3-2-5-11-9/h8-9,11H,2-7H2,1H3/t8?,9-/m0/s1. The SMILES string of the molecule is CN1CCC(OC(=O)[C@@H]2CCCN2)C1. The predicted molar refractivity (Wildman–Crippen MR) is 53.0 cm³/mol. The normalized spacial score (nSPS) is 33.5. The minimum absolute atomic E-state index is 0.0408. The molecule has 0 aromatic heterocycles. The van der Waals surface area contributed by atoms with Crippen molar-refractivity contribution in [3.8, 4) is 0 Å². The second kappa shape index (κ2) is 4.28. The van der Waals surface area contributed by atoms with Gasteiger partial charge in [0.15, 0.2) is 0 Å². The molecule has 4 heteroatoms. The fourth-order valence-corrected chi connectivity index (χ4v) is 2.12. The third-order valence-electron chi connectivity index (χ3n) is 2.98. The molecule has 0 aliphatic carbocycles. The van der Waals surface area contributed by atoms with E-state index in [2.05, 4.69) is 17.3 Å². The molecule has 0 saturated carbocycles. The number of nitrogens with zero attached hydrogens (tertiary/aromatic N) is 1. The molecule has 2 fully saturated rings. The topological polar surface area (TPSA) is 41.6 Å². The fourth-order valence-electron chi connectivity index (χ4n) is 2.12. The molecule has 80 valence electrons. The van der Waals surface area contributed by atoms with Gasteiger partial charge in [-0.1, -0.05) is 0 Å². The van der Waals surface area contributed by atoms with Crippen molar-refractivity contribution in [3.05, 3.63) is 0 Å². The molecule has 0 bridgehead atoms. The van der Waals surface area contributed by atoms with Crippen molar-refractivity contribution >= 4 is 5.97 Å². The van der Waals surface area contributed by atoms with E-state index in [1.165, 1.54) is 0 Å². The van der Waals surface area contributed by atoms with Crippen molar-refractivity contribution in [1.29, 1.82) is 0 Å². The summed E-state index contributed by atoms with van der Waals surface area (Å²) in [6.45, 7) is 2.87. The van der Waals surface area contributed by atoms with Gasteiger partial charge < -0.3 is 15.0 Å². The lowest BCUT2D eigenvalue weighted by molar-refractivity contribution is -0.150. The maximum atomic E-state index is 11.6. The van der Waals surface area contributed by atoms with Gasteiger partial charge in [-0.15, -0.1) is 0 Å². The molecular weight excluding hydrogens is 180 g/mol. The summed E-state index contributed by atoms with van der Waals surface area (Å²) >= 11 is 0. The van der Waals surface area contributed by atoms with E-state index in [-0.39, 0.29) is 18.1 Å². The zero-order valence-electron chi connectivity index (χ0n) is 8.66. The number of esters is 1. The molecule has 1 N–H and O–H groups in total. The lowest BCUT2D eigenvalue weighted by Gasteiger charge is -2.15. The van der Waals surface area contributed by atoms with E-state index < -0.39 is 0 Å². The number of ether oxygens (including phenoxy) is 1. The number of carbonyl (C=O) groups is 1. The van der Waals surface area contributed by atoms with Gasteiger partial charge in [0.05, 0.1) is 0 Å². The van der Waals surface area contributed by atoms with Gasteiger partial charge in [-0.05, 0) is 32.9 Å². The van der Waals surface area contributed by atoms with Gasteiger partial charge >= 0.3 is 5.97 Å². The summed E-state index contributed by atoms with van der Waals surface area (Å²) in [6, 6.07) is -0.0408. The number of rotatable bonds is 2. The zero-order chi connectivity index (χ0) is 9.97. The highest BCUT2D eigenvalue weighted by atomic mass is 16.5. The first-order valence-electron chi connectivity index (χ1n) is 5.38. The van der Waals surface area contributed by atoms with Crippen LogP contribution in [0.15, 0.2) is 0 Å². The second-order valence-corrected chi connectivity index (χ2v) is 4.26. The summed E-state index contributed by atoms with van der Waals surface area (Å²) in [4.78, 5) is 13.8. The number of nitrogens with one attached hydrogen (secondary N) is 1. The Kier molecular flexibility index (Phi) is 3.03. The highest BCUT2D eigenvalue weighted by Gasteiger charge is 2.28. The molecule has 2 atom stereocenters. The van der Waals surface area contributed by atoms with Crippen LogP contribution in [0.2, 0.25) is 0 Å². The minimum Gasteiger partial charge on any atom is -0.460 e. The molecule has 0 aromatic rings. The van der Waals surface area contributed by atoms with Gasteiger partial charge in [0, 0.05) is 13.1 Å². The number of likely N-dealkylation sites (tertiary alicyclic amines) is 1. The molecule has 0 radical (unpaired) electrons. The van der Waals surface area contributed by atoms with E-state index in [4.69, 9.17) is 4.74 Å². The largest absolute Gasteiger partial charge is 0.460 e. The van der Waals surface area contributed by atoms with Crippen LogP contribution in [0.25, 0.3) is 0 Å². The maximum absolute atomic E-state index is 11.6. The Hall–Kier alpha value is -0.610. The van der Waals surface area contributed by atoms with Gasteiger partial charge in [-0.2, -0.15) is 0 Å². The van der Waals surface area contributed by atoms with Gasteiger partial charge in [-0.25, -0.2) is 0 Å². The lowest BCUT2D eigenvalue weighted by Crippen LogP contribution is -2.35. The Morgan fingerprint density at radius 3 is 2.93 bits per heavy atom. The average molecular weight is 198 g/mol. The van der Waals surface area contributed by atoms with E-state index in [1.807, 2.05) is 0 Å². The molecule has 14 heavy (non-hydrogen) atoms. The summed E-state index contributed by atoms with van der Waals surface area (Å²) < 4.78 is 5.42. The van der Waals surface area contributed by atoms with Crippen LogP contribution in [0.3, 0.4) is 0 Å². The molecule has 2 heterocycles. The van der Waals surface area contributed by atoms with Crippen molar-refractivity contribution < 1.29 is 9.53 Å². The van der Waals surface area contributed by atoms with Crippen LogP contribution < -0.4 is 5.32 Å². The quantitative estimate of drug-likeness (QED) is 0.633. The second-order valence-electron chi connectivity index (χ2n) is 4.26. The molecule has 0 amide bonds. The van der Waals surface area contributed by atoms with E-state index >= 15 is 0 Å². The average Bonchev–Trinajstić information content (AvgIpc) is 2.75. The first kappa shape index (κ1) is 9.93. The van der Waals surface area contributed by atoms with Gasteiger partial charge in [0.2, 0.25) is 0 Å². The lowest BCUT2D eigenvalue weighted by atomic mass is 10.2. The minimum atomic E-state index is -0.0530. The van der Waals surface area contributed by atoms with E-state index in [1.54, 1.807) is 0 Å². The summed E-state index contributed by atoms with van der Waals surface area (Å²) in [5.41, 5.74) is 0. The third-order valence-corrected chi connectivity index (χ3v) is 2.98. The smallest absolute Gasteiger partial charge is 0.323 e. The summed E-state index contributed by atoms with van der Waals surface area (Å²) in [5, 5.41) is 3.15. The highest BCUT2D eigenvalue weighted by molar-refractivity contribution is 5.76. The molecule has 4 nitrogen and oxygen atoms in total. The molecule has 1 unspecified atom stereocenters. The van der Waals surface area contributed by atoms with Crippen LogP contribution in [0.1, 0.15) is 19.3 Å². The molecule has 0 aromatic carbocycles.